The Hall–Kier alpha value is -2.86. The van der Waals surface area contributed by atoms with Crippen LogP contribution in [0.1, 0.15) is 23.6 Å². The Bertz CT molecular complexity index is 900. The molecule has 0 saturated carbocycles. The predicted molar refractivity (Wildman–Crippen MR) is 112 cm³/mol. The number of aryl methyl sites for hydroxylation is 1. The number of hydrogen-bond acceptors (Lipinski definition) is 5. The third-order valence-corrected chi connectivity index (χ3v) is 4.89. The average molecular weight is 379 g/mol. The van der Waals surface area contributed by atoms with Crippen molar-refractivity contribution >= 4 is 35.1 Å². The number of amidine groups is 1. The van der Waals surface area contributed by atoms with Crippen LogP contribution in [0.25, 0.3) is 6.08 Å². The molecule has 5 nitrogen and oxygen atoms in total. The highest BCUT2D eigenvalue weighted by Crippen LogP contribution is 2.33. The number of carbonyl (C=O) groups excluding carboxylic acids is 1. The summed E-state index contributed by atoms with van der Waals surface area (Å²) in [4.78, 5) is 17.8. The van der Waals surface area contributed by atoms with Gasteiger partial charge in [0.25, 0.3) is 5.91 Å². The number of benzene rings is 2. The second kappa shape index (κ2) is 8.68. The molecule has 138 valence electrons. The van der Waals surface area contributed by atoms with E-state index in [2.05, 4.69) is 10.1 Å². The largest absolute Gasteiger partial charge is 0.497 e. The molecule has 0 spiro atoms. The van der Waals surface area contributed by atoms with Crippen LogP contribution in [0, 0.1) is 6.92 Å². The summed E-state index contributed by atoms with van der Waals surface area (Å²) >= 11 is 1.34. The Morgan fingerprint density at radius 1 is 1.07 bits per heavy atom. The summed E-state index contributed by atoms with van der Waals surface area (Å²) in [6, 6.07) is 15.5. The van der Waals surface area contributed by atoms with E-state index in [4.69, 9.17) is 4.74 Å². The standard InChI is InChI=1S/C21H21N3O2S/c1-4-22-21-24(23-14-17-7-5-15(2)6-8-17)20(25)19(27-21)13-16-9-11-18(26-3)12-10-16/h5-14H,4H2,1-3H3/b19-13+,22-21?,23-14+. The van der Waals surface area contributed by atoms with Gasteiger partial charge in [-0.3, -0.25) is 9.79 Å². The summed E-state index contributed by atoms with van der Waals surface area (Å²) in [6.07, 6.45) is 3.53. The van der Waals surface area contributed by atoms with Gasteiger partial charge in [-0.2, -0.15) is 10.1 Å². The van der Waals surface area contributed by atoms with Crippen molar-refractivity contribution in [2.45, 2.75) is 13.8 Å². The Morgan fingerprint density at radius 3 is 2.37 bits per heavy atom. The molecule has 0 bridgehead atoms. The molecule has 2 aromatic rings. The van der Waals surface area contributed by atoms with Crippen molar-refractivity contribution < 1.29 is 9.53 Å². The summed E-state index contributed by atoms with van der Waals surface area (Å²) in [5.74, 6) is 0.603. The summed E-state index contributed by atoms with van der Waals surface area (Å²) in [7, 11) is 1.63. The van der Waals surface area contributed by atoms with Crippen LogP contribution < -0.4 is 4.74 Å². The van der Waals surface area contributed by atoms with Crippen molar-refractivity contribution in [3.05, 3.63) is 70.1 Å². The molecule has 0 atom stereocenters. The summed E-state index contributed by atoms with van der Waals surface area (Å²) in [6.45, 7) is 4.55. The van der Waals surface area contributed by atoms with Crippen LogP contribution in [-0.2, 0) is 4.79 Å². The van der Waals surface area contributed by atoms with E-state index in [9.17, 15) is 4.79 Å². The van der Waals surface area contributed by atoms with Gasteiger partial charge in [0.2, 0.25) is 0 Å². The van der Waals surface area contributed by atoms with E-state index in [-0.39, 0.29) is 5.91 Å². The minimum Gasteiger partial charge on any atom is -0.497 e. The van der Waals surface area contributed by atoms with Crippen molar-refractivity contribution in [2.75, 3.05) is 13.7 Å². The monoisotopic (exact) mass is 379 g/mol. The van der Waals surface area contributed by atoms with Crippen LogP contribution in [0.4, 0.5) is 0 Å². The second-order valence-electron chi connectivity index (χ2n) is 5.91. The van der Waals surface area contributed by atoms with Crippen LogP contribution in [-0.4, -0.2) is 36.0 Å². The van der Waals surface area contributed by atoms with E-state index in [1.54, 1.807) is 13.3 Å². The number of hydrazone groups is 1. The molecule has 0 N–H and O–H groups in total. The molecule has 1 aliphatic rings. The third-order valence-electron chi connectivity index (χ3n) is 3.89. The van der Waals surface area contributed by atoms with E-state index in [0.717, 1.165) is 16.9 Å². The van der Waals surface area contributed by atoms with Crippen molar-refractivity contribution in [3.8, 4) is 5.75 Å². The average Bonchev–Trinajstić information content (AvgIpc) is 2.97. The van der Waals surface area contributed by atoms with Gasteiger partial charge >= 0.3 is 0 Å². The SMILES string of the molecule is CCN=C1S/C(=C/c2ccc(OC)cc2)C(=O)N1/N=C/c1ccc(C)cc1. The van der Waals surface area contributed by atoms with Gasteiger partial charge in [-0.05, 0) is 54.9 Å². The number of thioether (sulfide) groups is 1. The number of hydrogen-bond donors (Lipinski definition) is 0. The minimum absolute atomic E-state index is 0.175. The number of nitrogens with zero attached hydrogens (tertiary/aromatic N) is 3. The minimum atomic E-state index is -0.175. The second-order valence-corrected chi connectivity index (χ2v) is 6.92. The number of amides is 1. The quantitative estimate of drug-likeness (QED) is 0.574. The predicted octanol–water partition coefficient (Wildman–Crippen LogP) is 4.33. The first-order valence-electron chi connectivity index (χ1n) is 8.64. The molecule has 1 aliphatic heterocycles. The van der Waals surface area contributed by atoms with Gasteiger partial charge in [0.05, 0.1) is 18.2 Å². The zero-order valence-corrected chi connectivity index (χ0v) is 16.4. The lowest BCUT2D eigenvalue weighted by Gasteiger charge is -2.07. The Balaban J connectivity index is 1.84. The van der Waals surface area contributed by atoms with E-state index in [1.165, 1.54) is 22.3 Å². The zero-order valence-electron chi connectivity index (χ0n) is 15.5. The van der Waals surface area contributed by atoms with Gasteiger partial charge in [0.15, 0.2) is 5.17 Å². The summed E-state index contributed by atoms with van der Waals surface area (Å²) in [5, 5.41) is 6.32. The van der Waals surface area contributed by atoms with Crippen LogP contribution in [0.15, 0.2) is 63.5 Å². The van der Waals surface area contributed by atoms with Crippen LogP contribution >= 0.6 is 11.8 Å². The fourth-order valence-electron chi connectivity index (χ4n) is 2.43. The molecule has 1 fully saturated rings. The molecule has 1 saturated heterocycles. The van der Waals surface area contributed by atoms with E-state index in [1.807, 2.05) is 68.5 Å². The fraction of sp³-hybridized carbons (Fsp3) is 0.190. The maximum atomic E-state index is 12.8. The maximum absolute atomic E-state index is 12.8. The highest BCUT2D eigenvalue weighted by Gasteiger charge is 2.33. The smallest absolute Gasteiger partial charge is 0.287 e. The number of methoxy groups -OCH3 is 1. The van der Waals surface area contributed by atoms with Gasteiger partial charge < -0.3 is 4.74 Å². The lowest BCUT2D eigenvalue weighted by Crippen LogP contribution is -2.23. The first-order valence-corrected chi connectivity index (χ1v) is 9.45. The number of rotatable bonds is 5. The molecule has 0 unspecified atom stereocenters. The lowest BCUT2D eigenvalue weighted by molar-refractivity contribution is -0.122. The molecule has 0 aromatic heterocycles. The van der Waals surface area contributed by atoms with E-state index >= 15 is 0 Å². The molecule has 0 radical (unpaired) electrons. The topological polar surface area (TPSA) is 54.3 Å². The Morgan fingerprint density at radius 2 is 1.74 bits per heavy atom. The highest BCUT2D eigenvalue weighted by atomic mass is 32.2. The molecule has 1 amide bonds. The fourth-order valence-corrected chi connectivity index (χ4v) is 3.41. The zero-order chi connectivity index (χ0) is 19.2. The molecular formula is C21H21N3O2S. The number of carbonyl (C=O) groups is 1. The summed E-state index contributed by atoms with van der Waals surface area (Å²) in [5.41, 5.74) is 3.03. The van der Waals surface area contributed by atoms with Gasteiger partial charge in [0.1, 0.15) is 5.75 Å². The first-order chi connectivity index (χ1) is 13.1. The van der Waals surface area contributed by atoms with Gasteiger partial charge in [0, 0.05) is 6.54 Å². The Kier molecular flexibility index (Phi) is 6.08. The highest BCUT2D eigenvalue weighted by molar-refractivity contribution is 8.18. The van der Waals surface area contributed by atoms with Gasteiger partial charge in [-0.25, -0.2) is 0 Å². The van der Waals surface area contributed by atoms with Crippen molar-refractivity contribution in [1.29, 1.82) is 0 Å². The molecule has 1 heterocycles. The molecule has 3 rings (SSSR count). The molecular weight excluding hydrogens is 358 g/mol. The van der Waals surface area contributed by atoms with E-state index in [0.29, 0.717) is 16.6 Å². The van der Waals surface area contributed by atoms with Crippen LogP contribution in [0.3, 0.4) is 0 Å². The first kappa shape index (κ1) is 18.9. The third kappa shape index (κ3) is 4.65. The van der Waals surface area contributed by atoms with Crippen LogP contribution in [0.5, 0.6) is 5.75 Å². The Labute approximate surface area is 163 Å². The van der Waals surface area contributed by atoms with Crippen LogP contribution in [0.2, 0.25) is 0 Å². The normalized spacial score (nSPS) is 17.4. The molecule has 0 aliphatic carbocycles. The molecule has 6 heteroatoms. The van der Waals surface area contributed by atoms with E-state index < -0.39 is 0 Å². The summed E-state index contributed by atoms with van der Waals surface area (Å²) < 4.78 is 5.17. The van der Waals surface area contributed by atoms with Gasteiger partial charge in [-0.1, -0.05) is 42.0 Å². The van der Waals surface area contributed by atoms with Crippen molar-refractivity contribution in [1.82, 2.24) is 5.01 Å². The molecule has 27 heavy (non-hydrogen) atoms. The number of ether oxygens (including phenoxy) is 1. The van der Waals surface area contributed by atoms with Crippen molar-refractivity contribution in [2.24, 2.45) is 10.1 Å². The molecule has 2 aromatic carbocycles. The maximum Gasteiger partial charge on any atom is 0.287 e. The van der Waals surface area contributed by atoms with Gasteiger partial charge in [-0.15, -0.1) is 0 Å². The van der Waals surface area contributed by atoms with Crippen molar-refractivity contribution in [3.63, 3.8) is 0 Å². The number of aliphatic imine (C=N–C) groups is 1. The lowest BCUT2D eigenvalue weighted by atomic mass is 10.2.